The summed E-state index contributed by atoms with van der Waals surface area (Å²) in [5.74, 6) is -0.868. The number of hydrogen-bond donors (Lipinski definition) is 0. The normalized spacial score (nSPS) is 15.8. The van der Waals surface area contributed by atoms with E-state index < -0.39 is 5.82 Å². The van der Waals surface area contributed by atoms with Crippen molar-refractivity contribution in [2.45, 2.75) is 19.8 Å². The van der Waals surface area contributed by atoms with Crippen molar-refractivity contribution in [3.05, 3.63) is 28.8 Å². The summed E-state index contributed by atoms with van der Waals surface area (Å²) in [6.45, 7) is 3.86. The maximum absolute atomic E-state index is 13.2. The van der Waals surface area contributed by atoms with Gasteiger partial charge in [-0.25, -0.2) is 9.37 Å². The van der Waals surface area contributed by atoms with E-state index in [1.807, 2.05) is 6.92 Å². The number of aromatic nitrogens is 1. The summed E-state index contributed by atoms with van der Waals surface area (Å²) in [6.07, 6.45) is 2.12. The van der Waals surface area contributed by atoms with Gasteiger partial charge in [0.1, 0.15) is 11.0 Å². The molecule has 0 aliphatic carbocycles. The van der Waals surface area contributed by atoms with Crippen molar-refractivity contribution in [3.8, 4) is 0 Å². The number of hydrogen-bond acceptors (Lipinski definition) is 3. The smallest absolute Gasteiger partial charge is 0.257 e. The second-order valence-electron chi connectivity index (χ2n) is 4.87. The number of rotatable bonds is 2. The van der Waals surface area contributed by atoms with Crippen LogP contribution in [-0.4, -0.2) is 52.8 Å². The molecule has 1 fully saturated rings. The zero-order valence-corrected chi connectivity index (χ0v) is 12.6. The van der Waals surface area contributed by atoms with Crippen LogP contribution in [0.25, 0.3) is 0 Å². The van der Waals surface area contributed by atoms with E-state index in [2.05, 4.69) is 4.98 Å². The molecular formula is C14H17ClFN3O2. The molecule has 0 N–H and O–H groups in total. The van der Waals surface area contributed by atoms with Gasteiger partial charge in [-0.15, -0.1) is 0 Å². The molecule has 1 aliphatic heterocycles. The Kier molecular flexibility index (Phi) is 5.12. The minimum absolute atomic E-state index is 0.00728. The summed E-state index contributed by atoms with van der Waals surface area (Å²) in [4.78, 5) is 31.1. The lowest BCUT2D eigenvalue weighted by Gasteiger charge is -2.22. The van der Waals surface area contributed by atoms with Crippen LogP contribution < -0.4 is 0 Å². The summed E-state index contributed by atoms with van der Waals surface area (Å²) in [5.41, 5.74) is 0.0620. The first-order valence-corrected chi connectivity index (χ1v) is 7.28. The molecule has 2 amide bonds. The van der Waals surface area contributed by atoms with Crippen molar-refractivity contribution in [2.24, 2.45) is 0 Å². The van der Waals surface area contributed by atoms with E-state index in [9.17, 15) is 14.0 Å². The number of amides is 2. The first-order chi connectivity index (χ1) is 10.0. The predicted octanol–water partition coefficient (Wildman–Crippen LogP) is 1.96. The molecule has 0 unspecified atom stereocenters. The SMILES string of the molecule is CCC(=O)N1CCCN(C(=O)c2cc(F)cnc2Cl)CC1. The topological polar surface area (TPSA) is 53.5 Å². The van der Waals surface area contributed by atoms with Gasteiger partial charge < -0.3 is 9.80 Å². The quantitative estimate of drug-likeness (QED) is 0.784. The second-order valence-corrected chi connectivity index (χ2v) is 5.23. The Labute approximate surface area is 127 Å². The molecule has 0 saturated carbocycles. The molecule has 1 aromatic rings. The van der Waals surface area contributed by atoms with Crippen LogP contribution in [0.2, 0.25) is 5.15 Å². The summed E-state index contributed by atoms with van der Waals surface area (Å²) in [6, 6.07) is 1.09. The van der Waals surface area contributed by atoms with Gasteiger partial charge >= 0.3 is 0 Å². The van der Waals surface area contributed by atoms with Gasteiger partial charge in [0, 0.05) is 32.6 Å². The molecule has 0 atom stereocenters. The molecule has 0 radical (unpaired) electrons. The molecule has 21 heavy (non-hydrogen) atoms. The molecule has 1 aromatic heterocycles. The van der Waals surface area contributed by atoms with E-state index in [0.29, 0.717) is 39.0 Å². The first-order valence-electron chi connectivity index (χ1n) is 6.91. The number of halogens is 2. The van der Waals surface area contributed by atoms with Gasteiger partial charge in [-0.2, -0.15) is 0 Å². The van der Waals surface area contributed by atoms with Gasteiger partial charge in [-0.1, -0.05) is 18.5 Å². The van der Waals surface area contributed by atoms with E-state index in [4.69, 9.17) is 11.6 Å². The molecule has 0 aromatic carbocycles. The van der Waals surface area contributed by atoms with Crippen LogP contribution in [0.5, 0.6) is 0 Å². The van der Waals surface area contributed by atoms with Crippen LogP contribution in [0.1, 0.15) is 30.1 Å². The van der Waals surface area contributed by atoms with Gasteiger partial charge in [0.25, 0.3) is 5.91 Å². The monoisotopic (exact) mass is 313 g/mol. The molecule has 5 nitrogen and oxygen atoms in total. The third-order valence-electron chi connectivity index (χ3n) is 3.47. The highest BCUT2D eigenvalue weighted by Gasteiger charge is 2.24. The molecule has 2 rings (SSSR count). The summed E-state index contributed by atoms with van der Waals surface area (Å²) >= 11 is 5.86. The van der Waals surface area contributed by atoms with Crippen LogP contribution >= 0.6 is 11.6 Å². The molecule has 1 aliphatic rings. The minimum Gasteiger partial charge on any atom is -0.341 e. The molecule has 2 heterocycles. The Morgan fingerprint density at radius 1 is 1.29 bits per heavy atom. The predicted molar refractivity (Wildman–Crippen MR) is 76.6 cm³/mol. The minimum atomic E-state index is -0.597. The van der Waals surface area contributed by atoms with Gasteiger partial charge in [-0.05, 0) is 12.5 Å². The van der Waals surface area contributed by atoms with Crippen molar-refractivity contribution in [2.75, 3.05) is 26.2 Å². The first kappa shape index (κ1) is 15.7. The van der Waals surface area contributed by atoms with E-state index in [0.717, 1.165) is 12.3 Å². The Balaban J connectivity index is 2.10. The zero-order chi connectivity index (χ0) is 15.4. The van der Waals surface area contributed by atoms with Crippen molar-refractivity contribution in [1.82, 2.24) is 14.8 Å². The van der Waals surface area contributed by atoms with E-state index in [-0.39, 0.29) is 22.5 Å². The van der Waals surface area contributed by atoms with E-state index in [1.165, 1.54) is 0 Å². The fourth-order valence-electron chi connectivity index (χ4n) is 2.34. The summed E-state index contributed by atoms with van der Waals surface area (Å²) < 4.78 is 13.2. The van der Waals surface area contributed by atoms with Crippen LogP contribution in [0.3, 0.4) is 0 Å². The fraction of sp³-hybridized carbons (Fsp3) is 0.500. The van der Waals surface area contributed by atoms with Gasteiger partial charge in [0.05, 0.1) is 11.8 Å². The molecule has 7 heteroatoms. The Hall–Kier alpha value is -1.69. The highest BCUT2D eigenvalue weighted by molar-refractivity contribution is 6.32. The van der Waals surface area contributed by atoms with Crippen molar-refractivity contribution in [1.29, 1.82) is 0 Å². The van der Waals surface area contributed by atoms with E-state index in [1.54, 1.807) is 9.80 Å². The molecule has 114 valence electrons. The van der Waals surface area contributed by atoms with Crippen LogP contribution in [0, 0.1) is 5.82 Å². The van der Waals surface area contributed by atoms with Crippen molar-refractivity contribution < 1.29 is 14.0 Å². The number of pyridine rings is 1. The third-order valence-corrected chi connectivity index (χ3v) is 3.78. The number of nitrogens with zero attached hydrogens (tertiary/aromatic N) is 3. The zero-order valence-electron chi connectivity index (χ0n) is 11.8. The lowest BCUT2D eigenvalue weighted by molar-refractivity contribution is -0.130. The average molecular weight is 314 g/mol. The Morgan fingerprint density at radius 2 is 1.95 bits per heavy atom. The average Bonchev–Trinajstić information content (AvgIpc) is 2.74. The van der Waals surface area contributed by atoms with Crippen molar-refractivity contribution in [3.63, 3.8) is 0 Å². The molecule has 1 saturated heterocycles. The van der Waals surface area contributed by atoms with Gasteiger partial charge in [0.15, 0.2) is 0 Å². The number of carbonyl (C=O) groups excluding carboxylic acids is 2. The molecule has 0 spiro atoms. The maximum atomic E-state index is 13.2. The summed E-state index contributed by atoms with van der Waals surface area (Å²) in [7, 11) is 0. The lowest BCUT2D eigenvalue weighted by Crippen LogP contribution is -2.37. The van der Waals surface area contributed by atoms with Crippen LogP contribution in [0.15, 0.2) is 12.3 Å². The van der Waals surface area contributed by atoms with E-state index >= 15 is 0 Å². The van der Waals surface area contributed by atoms with Gasteiger partial charge in [0.2, 0.25) is 5.91 Å². The van der Waals surface area contributed by atoms with Crippen molar-refractivity contribution >= 4 is 23.4 Å². The second kappa shape index (κ2) is 6.85. The molecule has 0 bridgehead atoms. The van der Waals surface area contributed by atoms with Crippen LogP contribution in [-0.2, 0) is 4.79 Å². The maximum Gasteiger partial charge on any atom is 0.257 e. The lowest BCUT2D eigenvalue weighted by atomic mass is 10.2. The Bertz CT molecular complexity index is 553. The standard InChI is InChI=1S/C14H17ClFN3O2/c1-2-12(20)18-4-3-5-19(7-6-18)14(21)11-8-10(16)9-17-13(11)15/h8-9H,2-7H2,1H3. The fourth-order valence-corrected chi connectivity index (χ4v) is 2.52. The summed E-state index contributed by atoms with van der Waals surface area (Å²) in [5, 5.41) is -0.00728. The highest BCUT2D eigenvalue weighted by atomic mass is 35.5. The molecular weight excluding hydrogens is 297 g/mol. The largest absolute Gasteiger partial charge is 0.341 e. The van der Waals surface area contributed by atoms with Gasteiger partial charge in [-0.3, -0.25) is 9.59 Å². The Morgan fingerprint density at radius 3 is 2.67 bits per heavy atom. The number of carbonyl (C=O) groups is 2. The highest BCUT2D eigenvalue weighted by Crippen LogP contribution is 2.17. The van der Waals surface area contributed by atoms with Crippen LogP contribution in [0.4, 0.5) is 4.39 Å². The third kappa shape index (κ3) is 3.69.